The van der Waals surface area contributed by atoms with Gasteiger partial charge in [0.25, 0.3) is 0 Å². The van der Waals surface area contributed by atoms with Gasteiger partial charge in [0, 0.05) is 12.2 Å². The third kappa shape index (κ3) is 2.24. The van der Waals surface area contributed by atoms with Crippen LogP contribution < -0.4 is 5.06 Å². The predicted molar refractivity (Wildman–Crippen MR) is 47.4 cm³/mol. The summed E-state index contributed by atoms with van der Waals surface area (Å²) in [7, 11) is 0. The Morgan fingerprint density at radius 3 is 2.45 bits per heavy atom. The van der Waals surface area contributed by atoms with Crippen LogP contribution in [0.25, 0.3) is 0 Å². The van der Waals surface area contributed by atoms with Crippen molar-refractivity contribution in [3.05, 3.63) is 35.5 Å². The van der Waals surface area contributed by atoms with Gasteiger partial charge in [0.1, 0.15) is 0 Å². The Morgan fingerprint density at radius 1 is 1.27 bits per heavy atom. The van der Waals surface area contributed by atoms with Gasteiger partial charge in [-0.1, -0.05) is 25.1 Å². The van der Waals surface area contributed by atoms with Gasteiger partial charge >= 0.3 is 0 Å². The Balaban J connectivity index is 2.61. The molecule has 0 N–H and O–H groups in total. The highest BCUT2D eigenvalue weighted by molar-refractivity contribution is 5.46. The van der Waals surface area contributed by atoms with Crippen LogP contribution >= 0.6 is 0 Å². The molecule has 0 bridgehead atoms. The van der Waals surface area contributed by atoms with E-state index in [4.69, 9.17) is 0 Å². The fourth-order valence-electron chi connectivity index (χ4n) is 0.926. The first-order valence-electron chi connectivity index (χ1n) is 3.84. The van der Waals surface area contributed by atoms with Gasteiger partial charge in [-0.05, 0) is 18.6 Å². The summed E-state index contributed by atoms with van der Waals surface area (Å²) in [6, 6.07) is 9.29. The molecule has 0 saturated heterocycles. The Labute approximate surface area is 67.0 Å². The zero-order valence-corrected chi connectivity index (χ0v) is 6.66. The van der Waals surface area contributed by atoms with Gasteiger partial charge in [0.2, 0.25) is 0 Å². The van der Waals surface area contributed by atoms with Gasteiger partial charge in [0.05, 0.1) is 0 Å². The van der Waals surface area contributed by atoms with Crippen molar-refractivity contribution in [1.29, 1.82) is 0 Å². The van der Waals surface area contributed by atoms with Crippen molar-refractivity contribution in [2.75, 3.05) is 11.6 Å². The number of hydroxylamine groups is 1. The Kier molecular flexibility index (Phi) is 2.93. The van der Waals surface area contributed by atoms with E-state index in [0.29, 0.717) is 6.54 Å². The van der Waals surface area contributed by atoms with Crippen LogP contribution in [0.4, 0.5) is 5.69 Å². The molecule has 0 heterocycles. The molecule has 0 aliphatic carbocycles. The number of anilines is 1. The summed E-state index contributed by atoms with van der Waals surface area (Å²) in [4.78, 5) is 0. The molecule has 1 aromatic rings. The van der Waals surface area contributed by atoms with E-state index in [2.05, 4.69) is 0 Å². The van der Waals surface area contributed by atoms with E-state index >= 15 is 0 Å². The molecule has 0 spiro atoms. The van der Waals surface area contributed by atoms with Crippen LogP contribution in [0.3, 0.4) is 0 Å². The van der Waals surface area contributed by atoms with Crippen molar-refractivity contribution in [1.82, 2.24) is 0 Å². The summed E-state index contributed by atoms with van der Waals surface area (Å²) in [6.07, 6.45) is 0.887. The fourth-order valence-corrected chi connectivity index (χ4v) is 0.926. The maximum Gasteiger partial charge on any atom is 0.0259 e. The molecule has 1 aromatic carbocycles. The van der Waals surface area contributed by atoms with E-state index in [1.807, 2.05) is 37.3 Å². The highest BCUT2D eigenvalue weighted by atomic mass is 16.5. The molecule has 1 rings (SSSR count). The Morgan fingerprint density at radius 2 is 1.91 bits per heavy atom. The first kappa shape index (κ1) is 8.08. The molecule has 0 aromatic heterocycles. The van der Waals surface area contributed by atoms with E-state index in [1.54, 1.807) is 0 Å². The van der Waals surface area contributed by atoms with E-state index in [-0.39, 0.29) is 0 Å². The first-order chi connectivity index (χ1) is 5.34. The van der Waals surface area contributed by atoms with Gasteiger partial charge in [-0.15, -0.1) is 0 Å². The quantitative estimate of drug-likeness (QED) is 0.618. The average molecular weight is 150 g/mol. The lowest BCUT2D eigenvalue weighted by molar-refractivity contribution is 0.883. The number of rotatable bonds is 3. The molecule has 0 fully saturated rings. The maximum absolute atomic E-state index is 11.2. The molecule has 2 heteroatoms. The molecule has 0 radical (unpaired) electrons. The van der Waals surface area contributed by atoms with Crippen molar-refractivity contribution in [3.8, 4) is 0 Å². The van der Waals surface area contributed by atoms with Crippen LogP contribution in [0.5, 0.6) is 0 Å². The topological polar surface area (TPSA) is 26.3 Å². The minimum atomic E-state index is 0.573. The molecule has 0 aliphatic heterocycles. The molecule has 0 saturated carbocycles. The standard InChI is InChI=1S/C9H12NO/c1-2-8-10(11)9-6-4-3-5-7-9/h3-7H,2,8H2,1H3/q-1. The Hall–Kier alpha value is -1.02. The molecule has 60 valence electrons. The summed E-state index contributed by atoms with van der Waals surface area (Å²) in [5.41, 5.74) is 0.745. The molecule has 0 unspecified atom stereocenters. The maximum atomic E-state index is 11.2. The van der Waals surface area contributed by atoms with E-state index in [0.717, 1.165) is 17.2 Å². The van der Waals surface area contributed by atoms with Gasteiger partial charge in [-0.2, -0.15) is 0 Å². The normalized spacial score (nSPS) is 9.64. The van der Waals surface area contributed by atoms with Crippen LogP contribution in [0, 0.1) is 5.21 Å². The predicted octanol–water partition coefficient (Wildman–Crippen LogP) is 2.40. The number of hydrogen-bond donors (Lipinski definition) is 0. The second-order valence-electron chi connectivity index (χ2n) is 2.44. The van der Waals surface area contributed by atoms with Crippen LogP contribution in [0.2, 0.25) is 0 Å². The van der Waals surface area contributed by atoms with Crippen molar-refractivity contribution in [2.45, 2.75) is 13.3 Å². The van der Waals surface area contributed by atoms with Crippen molar-refractivity contribution in [2.24, 2.45) is 0 Å². The molecule has 0 amide bonds. The number of hydrogen-bond acceptors (Lipinski definition) is 2. The fraction of sp³-hybridized carbons (Fsp3) is 0.333. The van der Waals surface area contributed by atoms with Crippen molar-refractivity contribution >= 4 is 5.69 Å². The summed E-state index contributed by atoms with van der Waals surface area (Å²) in [5.74, 6) is 0. The minimum absolute atomic E-state index is 0.573. The smallest absolute Gasteiger partial charge is 0.0259 e. The lowest BCUT2D eigenvalue weighted by Gasteiger charge is -2.29. The SMILES string of the molecule is CCCN([O-])c1ccccc1. The highest BCUT2D eigenvalue weighted by Crippen LogP contribution is 2.11. The highest BCUT2D eigenvalue weighted by Gasteiger charge is 1.89. The Bertz CT molecular complexity index is 198. The summed E-state index contributed by atoms with van der Waals surface area (Å²) in [6.45, 7) is 2.57. The first-order valence-corrected chi connectivity index (χ1v) is 3.84. The molecule has 0 aliphatic rings. The zero-order valence-electron chi connectivity index (χ0n) is 6.66. The van der Waals surface area contributed by atoms with E-state index in [9.17, 15) is 5.21 Å². The lowest BCUT2D eigenvalue weighted by atomic mass is 10.3. The largest absolute Gasteiger partial charge is 0.758 e. The minimum Gasteiger partial charge on any atom is -0.758 e. The molecular formula is C9H12NO-. The third-order valence-electron chi connectivity index (χ3n) is 1.47. The van der Waals surface area contributed by atoms with Crippen LogP contribution in [-0.4, -0.2) is 6.54 Å². The van der Waals surface area contributed by atoms with Crippen molar-refractivity contribution < 1.29 is 0 Å². The third-order valence-corrected chi connectivity index (χ3v) is 1.47. The molecule has 11 heavy (non-hydrogen) atoms. The monoisotopic (exact) mass is 150 g/mol. The number of nitrogens with zero attached hydrogens (tertiary/aromatic N) is 1. The molecule has 2 nitrogen and oxygen atoms in total. The van der Waals surface area contributed by atoms with Gasteiger partial charge < -0.3 is 10.3 Å². The summed E-state index contributed by atoms with van der Waals surface area (Å²) in [5, 5.41) is 12.2. The van der Waals surface area contributed by atoms with Crippen molar-refractivity contribution in [3.63, 3.8) is 0 Å². The summed E-state index contributed by atoms with van der Waals surface area (Å²) >= 11 is 0. The number of para-hydroxylation sites is 1. The van der Waals surface area contributed by atoms with Gasteiger partial charge in [-0.3, -0.25) is 0 Å². The summed E-state index contributed by atoms with van der Waals surface area (Å²) < 4.78 is 0. The lowest BCUT2D eigenvalue weighted by Crippen LogP contribution is -2.14. The number of benzene rings is 1. The van der Waals surface area contributed by atoms with E-state index in [1.165, 1.54) is 0 Å². The molecule has 0 atom stereocenters. The van der Waals surface area contributed by atoms with Crippen LogP contribution in [-0.2, 0) is 0 Å². The van der Waals surface area contributed by atoms with Gasteiger partial charge in [0.15, 0.2) is 0 Å². The van der Waals surface area contributed by atoms with Crippen LogP contribution in [0.1, 0.15) is 13.3 Å². The second kappa shape index (κ2) is 3.98. The molecular weight excluding hydrogens is 138 g/mol. The average Bonchev–Trinajstić information content (AvgIpc) is 2.07. The van der Waals surface area contributed by atoms with Gasteiger partial charge in [-0.25, -0.2) is 0 Å². The van der Waals surface area contributed by atoms with Crippen LogP contribution in [0.15, 0.2) is 30.3 Å². The zero-order chi connectivity index (χ0) is 8.10. The second-order valence-corrected chi connectivity index (χ2v) is 2.44. The van der Waals surface area contributed by atoms with E-state index < -0.39 is 0 Å².